The summed E-state index contributed by atoms with van der Waals surface area (Å²) >= 11 is 0. The summed E-state index contributed by atoms with van der Waals surface area (Å²) in [4.78, 5) is 26.4. The van der Waals surface area contributed by atoms with Crippen molar-refractivity contribution in [2.45, 2.75) is 38.6 Å². The number of hydrogen-bond acceptors (Lipinski definition) is 3. The zero-order valence-corrected chi connectivity index (χ0v) is 14.4. The number of piperazine rings is 1. The van der Waals surface area contributed by atoms with Crippen molar-refractivity contribution in [1.29, 1.82) is 0 Å². The molecule has 1 aromatic carbocycles. The van der Waals surface area contributed by atoms with E-state index in [4.69, 9.17) is 0 Å². The minimum Gasteiger partial charge on any atom is -0.342 e. The van der Waals surface area contributed by atoms with Crippen LogP contribution in [0.4, 0.5) is 4.39 Å². The van der Waals surface area contributed by atoms with Gasteiger partial charge in [0.05, 0.1) is 0 Å². The molecule has 2 N–H and O–H groups in total. The summed E-state index contributed by atoms with van der Waals surface area (Å²) in [5, 5.41) is 6.03. The highest BCUT2D eigenvalue weighted by molar-refractivity contribution is 5.90. The van der Waals surface area contributed by atoms with E-state index in [1.54, 1.807) is 24.8 Å². The molecule has 132 valence electrons. The Kier molecular flexibility index (Phi) is 6.31. The number of amides is 2. The Labute approximate surface area is 142 Å². The van der Waals surface area contributed by atoms with Crippen LogP contribution in [0.3, 0.4) is 0 Å². The molecule has 1 aliphatic heterocycles. The molecule has 1 heterocycles. The van der Waals surface area contributed by atoms with Crippen molar-refractivity contribution in [3.8, 4) is 0 Å². The average Bonchev–Trinajstić information content (AvgIpc) is 2.54. The van der Waals surface area contributed by atoms with Gasteiger partial charge in [0.15, 0.2) is 0 Å². The fourth-order valence-corrected chi connectivity index (χ4v) is 2.87. The summed E-state index contributed by atoms with van der Waals surface area (Å²) < 4.78 is 13.1. The summed E-state index contributed by atoms with van der Waals surface area (Å²) in [5.74, 6) is -0.470. The summed E-state index contributed by atoms with van der Waals surface area (Å²) in [5.41, 5.74) is -0.0354. The van der Waals surface area contributed by atoms with Gasteiger partial charge in [-0.05, 0) is 44.4 Å². The zero-order chi connectivity index (χ0) is 17.6. The van der Waals surface area contributed by atoms with E-state index in [1.165, 1.54) is 12.1 Å². The van der Waals surface area contributed by atoms with Crippen molar-refractivity contribution in [3.63, 3.8) is 0 Å². The first-order chi connectivity index (χ1) is 11.4. The normalized spacial score (nSPS) is 15.2. The average molecular weight is 335 g/mol. The number of carbonyl (C=O) groups is 2. The molecule has 0 aliphatic carbocycles. The van der Waals surface area contributed by atoms with E-state index in [0.717, 1.165) is 18.7 Å². The lowest BCUT2D eigenvalue weighted by Gasteiger charge is -2.35. The smallest absolute Gasteiger partial charge is 0.247 e. The van der Waals surface area contributed by atoms with E-state index in [9.17, 15) is 14.0 Å². The van der Waals surface area contributed by atoms with Crippen LogP contribution in [-0.4, -0.2) is 48.4 Å². The zero-order valence-electron chi connectivity index (χ0n) is 14.4. The third-order valence-electron chi connectivity index (χ3n) is 4.15. The van der Waals surface area contributed by atoms with Gasteiger partial charge >= 0.3 is 0 Å². The van der Waals surface area contributed by atoms with Gasteiger partial charge in [-0.15, -0.1) is 0 Å². The highest BCUT2D eigenvalue weighted by Crippen LogP contribution is 2.11. The van der Waals surface area contributed by atoms with Crippen LogP contribution < -0.4 is 10.6 Å². The van der Waals surface area contributed by atoms with E-state index in [2.05, 4.69) is 10.6 Å². The number of carbonyl (C=O) groups excluding carboxylic acids is 2. The second-order valence-corrected chi connectivity index (χ2v) is 6.70. The minimum atomic E-state index is -0.909. The summed E-state index contributed by atoms with van der Waals surface area (Å²) in [6.07, 6.45) is 1.57. The number of halogens is 1. The second kappa shape index (κ2) is 8.24. The monoisotopic (exact) mass is 335 g/mol. The Bertz CT molecular complexity index is 583. The lowest BCUT2D eigenvalue weighted by atomic mass is 10.0. The Morgan fingerprint density at radius 2 is 2.00 bits per heavy atom. The Balaban J connectivity index is 1.78. The molecule has 0 radical (unpaired) electrons. The maximum Gasteiger partial charge on any atom is 0.247 e. The van der Waals surface area contributed by atoms with Crippen LogP contribution in [0.5, 0.6) is 0 Å². The Morgan fingerprint density at radius 3 is 2.67 bits per heavy atom. The van der Waals surface area contributed by atoms with Crippen molar-refractivity contribution in [2.75, 3.05) is 26.2 Å². The van der Waals surface area contributed by atoms with E-state index >= 15 is 0 Å². The van der Waals surface area contributed by atoms with Gasteiger partial charge in [-0.3, -0.25) is 9.59 Å². The molecule has 1 saturated heterocycles. The Morgan fingerprint density at radius 1 is 1.29 bits per heavy atom. The van der Waals surface area contributed by atoms with E-state index in [0.29, 0.717) is 32.4 Å². The molecular weight excluding hydrogens is 309 g/mol. The van der Waals surface area contributed by atoms with Crippen molar-refractivity contribution < 1.29 is 14.0 Å². The van der Waals surface area contributed by atoms with E-state index in [1.807, 2.05) is 6.07 Å². The molecule has 6 heteroatoms. The van der Waals surface area contributed by atoms with E-state index < -0.39 is 5.54 Å². The molecule has 24 heavy (non-hydrogen) atoms. The minimum absolute atomic E-state index is 0.0533. The van der Waals surface area contributed by atoms with Gasteiger partial charge in [-0.2, -0.15) is 0 Å². The predicted molar refractivity (Wildman–Crippen MR) is 91.0 cm³/mol. The van der Waals surface area contributed by atoms with Crippen molar-refractivity contribution >= 4 is 11.8 Å². The van der Waals surface area contributed by atoms with Gasteiger partial charge in [0, 0.05) is 32.6 Å². The third-order valence-corrected chi connectivity index (χ3v) is 4.15. The number of hydrogen-bond donors (Lipinski definition) is 2. The fraction of sp³-hybridized carbons (Fsp3) is 0.556. The first kappa shape index (κ1) is 18.4. The molecule has 1 aliphatic rings. The molecule has 1 aromatic rings. The first-order valence-electron chi connectivity index (χ1n) is 8.44. The molecule has 2 amide bonds. The van der Waals surface area contributed by atoms with Gasteiger partial charge in [-0.25, -0.2) is 4.39 Å². The molecule has 5 nitrogen and oxygen atoms in total. The van der Waals surface area contributed by atoms with Gasteiger partial charge < -0.3 is 15.5 Å². The molecule has 0 atom stereocenters. The SMILES string of the molecule is CC(C)(NC(=O)CCCc1cccc(F)c1)C(=O)N1CCNCC1. The fourth-order valence-electron chi connectivity index (χ4n) is 2.87. The van der Waals surface area contributed by atoms with Crippen LogP contribution in [0.2, 0.25) is 0 Å². The molecule has 2 rings (SSSR count). The number of aryl methyl sites for hydroxylation is 1. The largest absolute Gasteiger partial charge is 0.342 e. The van der Waals surface area contributed by atoms with Crippen LogP contribution in [0, 0.1) is 5.82 Å². The van der Waals surface area contributed by atoms with Crippen molar-refractivity contribution in [3.05, 3.63) is 35.6 Å². The number of benzene rings is 1. The lowest BCUT2D eigenvalue weighted by molar-refractivity contribution is -0.141. The van der Waals surface area contributed by atoms with Crippen LogP contribution in [-0.2, 0) is 16.0 Å². The highest BCUT2D eigenvalue weighted by atomic mass is 19.1. The lowest BCUT2D eigenvalue weighted by Crippen LogP contribution is -2.59. The molecule has 0 bridgehead atoms. The van der Waals surface area contributed by atoms with Gasteiger partial charge in [0.1, 0.15) is 11.4 Å². The summed E-state index contributed by atoms with van der Waals surface area (Å²) in [7, 11) is 0. The highest BCUT2D eigenvalue weighted by Gasteiger charge is 2.33. The van der Waals surface area contributed by atoms with Gasteiger partial charge in [0.25, 0.3) is 0 Å². The first-order valence-corrected chi connectivity index (χ1v) is 8.44. The van der Waals surface area contributed by atoms with Crippen molar-refractivity contribution in [1.82, 2.24) is 15.5 Å². The quantitative estimate of drug-likeness (QED) is 0.828. The summed E-state index contributed by atoms with van der Waals surface area (Å²) in [6, 6.07) is 6.40. The van der Waals surface area contributed by atoms with Crippen LogP contribution in [0.15, 0.2) is 24.3 Å². The molecule has 0 aromatic heterocycles. The number of nitrogens with zero attached hydrogens (tertiary/aromatic N) is 1. The summed E-state index contributed by atoms with van der Waals surface area (Å²) in [6.45, 7) is 6.37. The van der Waals surface area contributed by atoms with Crippen LogP contribution in [0.1, 0.15) is 32.3 Å². The molecule has 0 spiro atoms. The van der Waals surface area contributed by atoms with Gasteiger partial charge in [0.2, 0.25) is 11.8 Å². The standard InChI is InChI=1S/C18H26FN3O2/c1-18(2,17(24)22-11-9-20-10-12-22)21-16(23)8-4-6-14-5-3-7-15(19)13-14/h3,5,7,13,20H,4,6,8-12H2,1-2H3,(H,21,23). The maximum absolute atomic E-state index is 13.1. The van der Waals surface area contributed by atoms with Crippen LogP contribution in [0.25, 0.3) is 0 Å². The molecular formula is C18H26FN3O2. The predicted octanol–water partition coefficient (Wildman–Crippen LogP) is 1.47. The molecule has 0 saturated carbocycles. The number of rotatable bonds is 6. The van der Waals surface area contributed by atoms with Gasteiger partial charge in [-0.1, -0.05) is 12.1 Å². The second-order valence-electron chi connectivity index (χ2n) is 6.70. The number of nitrogens with one attached hydrogen (secondary N) is 2. The maximum atomic E-state index is 13.1. The van der Waals surface area contributed by atoms with Crippen LogP contribution >= 0.6 is 0 Å². The molecule has 1 fully saturated rings. The van der Waals surface area contributed by atoms with E-state index in [-0.39, 0.29) is 17.6 Å². The molecule has 0 unspecified atom stereocenters. The topological polar surface area (TPSA) is 61.4 Å². The Hall–Kier alpha value is -1.95. The third kappa shape index (κ3) is 5.30. The van der Waals surface area contributed by atoms with Crippen molar-refractivity contribution in [2.24, 2.45) is 0 Å².